The maximum Gasteiger partial charge on any atom is 0.414 e. The number of carboxylic acid groups (broad SMARTS) is 2. The van der Waals surface area contributed by atoms with E-state index < -0.39 is 11.9 Å². The number of morpholine rings is 1. The Labute approximate surface area is 170 Å². The van der Waals surface area contributed by atoms with Gasteiger partial charge in [-0.05, 0) is 45.4 Å². The van der Waals surface area contributed by atoms with Crippen molar-refractivity contribution in [3.8, 4) is 5.75 Å². The van der Waals surface area contributed by atoms with Gasteiger partial charge in [0.05, 0.1) is 25.9 Å². The maximum absolute atomic E-state index is 11.7. The summed E-state index contributed by atoms with van der Waals surface area (Å²) in [5.74, 6) is -3.42. The lowest BCUT2D eigenvalue weighted by atomic mass is 10.2. The summed E-state index contributed by atoms with van der Waals surface area (Å²) in [5, 5.41) is 14.8. The maximum atomic E-state index is 11.7. The number of para-hydroxylation sites is 1. The lowest BCUT2D eigenvalue weighted by molar-refractivity contribution is -0.159. The van der Waals surface area contributed by atoms with Crippen molar-refractivity contribution in [1.29, 1.82) is 0 Å². The fourth-order valence-electron chi connectivity index (χ4n) is 2.96. The smallest absolute Gasteiger partial charge is 0.414 e. The number of carbonyl (C=O) groups is 3. The highest BCUT2D eigenvalue weighted by molar-refractivity contribution is 6.27. The second-order valence-corrected chi connectivity index (χ2v) is 6.67. The summed E-state index contributed by atoms with van der Waals surface area (Å²) in [6.07, 6.45) is 2.64. The summed E-state index contributed by atoms with van der Waals surface area (Å²) in [7, 11) is 1.38. The van der Waals surface area contributed by atoms with Gasteiger partial charge in [-0.15, -0.1) is 0 Å². The van der Waals surface area contributed by atoms with Crippen molar-refractivity contribution in [2.45, 2.75) is 38.9 Å². The van der Waals surface area contributed by atoms with E-state index in [4.69, 9.17) is 34.0 Å². The van der Waals surface area contributed by atoms with Crippen LogP contribution in [0.15, 0.2) is 24.3 Å². The van der Waals surface area contributed by atoms with Gasteiger partial charge in [-0.25, -0.2) is 14.4 Å². The Kier molecular flexibility index (Phi) is 10.7. The number of benzene rings is 1. The van der Waals surface area contributed by atoms with E-state index in [2.05, 4.69) is 18.7 Å². The quantitative estimate of drug-likeness (QED) is 0.393. The highest BCUT2D eigenvalue weighted by atomic mass is 16.5. The summed E-state index contributed by atoms with van der Waals surface area (Å²) >= 11 is 0. The third-order valence-corrected chi connectivity index (χ3v) is 4.10. The summed E-state index contributed by atoms with van der Waals surface area (Å²) in [4.78, 5) is 32.3. The van der Waals surface area contributed by atoms with Crippen LogP contribution in [0.25, 0.3) is 0 Å². The van der Waals surface area contributed by atoms with E-state index in [0.29, 0.717) is 30.1 Å². The number of carboxylic acids is 2. The molecule has 162 valence electrons. The van der Waals surface area contributed by atoms with Crippen molar-refractivity contribution < 1.29 is 38.8 Å². The van der Waals surface area contributed by atoms with Crippen LogP contribution in [0.5, 0.6) is 5.75 Å². The number of hydrogen-bond acceptors (Lipinski definition) is 7. The van der Waals surface area contributed by atoms with Crippen LogP contribution in [-0.2, 0) is 19.1 Å². The molecule has 0 radical (unpaired) electrons. The molecule has 1 fully saturated rings. The van der Waals surface area contributed by atoms with Gasteiger partial charge in [-0.1, -0.05) is 12.1 Å². The molecule has 0 spiro atoms. The van der Waals surface area contributed by atoms with Crippen molar-refractivity contribution in [1.82, 2.24) is 4.90 Å². The topological polar surface area (TPSA) is 123 Å². The molecule has 0 aromatic heterocycles. The van der Waals surface area contributed by atoms with Crippen molar-refractivity contribution in [2.75, 3.05) is 33.4 Å². The first kappa shape index (κ1) is 24.4. The summed E-state index contributed by atoms with van der Waals surface area (Å²) in [6, 6.07) is 7.19. The number of unbranched alkanes of at least 4 members (excludes halogenated alkanes) is 1. The number of nitrogens with zero attached hydrogens (tertiary/aromatic N) is 1. The molecule has 0 aliphatic carbocycles. The van der Waals surface area contributed by atoms with Crippen molar-refractivity contribution in [3.05, 3.63) is 29.8 Å². The molecule has 9 heteroatoms. The van der Waals surface area contributed by atoms with Gasteiger partial charge in [-0.3, -0.25) is 4.90 Å². The number of ether oxygens (including phenoxy) is 3. The van der Waals surface area contributed by atoms with Crippen molar-refractivity contribution in [2.24, 2.45) is 0 Å². The van der Waals surface area contributed by atoms with Gasteiger partial charge in [0.2, 0.25) is 0 Å². The molecule has 0 saturated carbocycles. The average molecular weight is 411 g/mol. The Morgan fingerprint density at radius 2 is 1.66 bits per heavy atom. The first-order chi connectivity index (χ1) is 13.7. The van der Waals surface area contributed by atoms with E-state index >= 15 is 0 Å². The minimum Gasteiger partial charge on any atom is -0.493 e. The monoisotopic (exact) mass is 411 g/mol. The molecule has 1 aromatic carbocycles. The predicted octanol–water partition coefficient (Wildman–Crippen LogP) is 1.90. The molecule has 2 unspecified atom stereocenters. The Hall–Kier alpha value is -2.65. The predicted molar refractivity (Wildman–Crippen MR) is 104 cm³/mol. The normalized spacial score (nSPS) is 18.9. The molecule has 29 heavy (non-hydrogen) atoms. The number of carbonyl (C=O) groups excluding carboxylic acids is 1. The third kappa shape index (κ3) is 9.40. The fraction of sp³-hybridized carbons (Fsp3) is 0.550. The minimum atomic E-state index is -1.82. The zero-order valence-corrected chi connectivity index (χ0v) is 17.0. The fourth-order valence-corrected chi connectivity index (χ4v) is 2.96. The van der Waals surface area contributed by atoms with Gasteiger partial charge in [0.15, 0.2) is 0 Å². The summed E-state index contributed by atoms with van der Waals surface area (Å²) in [5.41, 5.74) is 0.478. The highest BCUT2D eigenvalue weighted by Crippen LogP contribution is 2.19. The Morgan fingerprint density at radius 3 is 2.21 bits per heavy atom. The third-order valence-electron chi connectivity index (χ3n) is 4.10. The van der Waals surface area contributed by atoms with Gasteiger partial charge >= 0.3 is 17.9 Å². The molecule has 1 saturated heterocycles. The number of rotatable bonds is 7. The van der Waals surface area contributed by atoms with Crippen LogP contribution < -0.4 is 4.74 Å². The average Bonchev–Trinajstić information content (AvgIpc) is 2.67. The largest absolute Gasteiger partial charge is 0.493 e. The molecule has 0 bridgehead atoms. The molecule has 1 aromatic rings. The zero-order valence-electron chi connectivity index (χ0n) is 17.0. The summed E-state index contributed by atoms with van der Waals surface area (Å²) in [6.45, 7) is 7.89. The zero-order chi connectivity index (χ0) is 21.8. The Morgan fingerprint density at radius 1 is 1.07 bits per heavy atom. The van der Waals surface area contributed by atoms with Crippen LogP contribution in [0.2, 0.25) is 0 Å². The molecule has 2 rings (SSSR count). The Balaban J connectivity index is 0.000000612. The van der Waals surface area contributed by atoms with Crippen LogP contribution in [0, 0.1) is 0 Å². The van der Waals surface area contributed by atoms with Gasteiger partial charge in [0.25, 0.3) is 0 Å². The van der Waals surface area contributed by atoms with E-state index in [1.807, 2.05) is 6.07 Å². The number of hydrogen-bond donors (Lipinski definition) is 2. The number of esters is 1. The lowest BCUT2D eigenvalue weighted by Gasteiger charge is -2.35. The van der Waals surface area contributed by atoms with Crippen molar-refractivity contribution in [3.63, 3.8) is 0 Å². The van der Waals surface area contributed by atoms with E-state index in [-0.39, 0.29) is 5.97 Å². The number of methoxy groups -OCH3 is 1. The lowest BCUT2D eigenvalue weighted by Crippen LogP contribution is -2.45. The van der Waals surface area contributed by atoms with Gasteiger partial charge < -0.3 is 24.4 Å². The molecule has 9 nitrogen and oxygen atoms in total. The van der Waals surface area contributed by atoms with E-state index in [0.717, 1.165) is 32.5 Å². The van der Waals surface area contributed by atoms with Crippen molar-refractivity contribution >= 4 is 17.9 Å². The molecule has 0 amide bonds. The van der Waals surface area contributed by atoms with Gasteiger partial charge in [-0.2, -0.15) is 0 Å². The van der Waals surface area contributed by atoms with Crippen LogP contribution in [-0.4, -0.2) is 78.6 Å². The molecule has 1 heterocycles. The van der Waals surface area contributed by atoms with E-state index in [1.54, 1.807) is 18.2 Å². The van der Waals surface area contributed by atoms with Crippen LogP contribution in [0.1, 0.15) is 37.0 Å². The van der Waals surface area contributed by atoms with Gasteiger partial charge in [0, 0.05) is 13.1 Å². The first-order valence-corrected chi connectivity index (χ1v) is 9.38. The molecule has 1 aliphatic heterocycles. The second kappa shape index (κ2) is 12.7. The molecular weight excluding hydrogens is 382 g/mol. The Bertz CT molecular complexity index is 656. The highest BCUT2D eigenvalue weighted by Gasteiger charge is 2.21. The van der Waals surface area contributed by atoms with E-state index in [1.165, 1.54) is 7.11 Å². The van der Waals surface area contributed by atoms with Crippen LogP contribution in [0.3, 0.4) is 0 Å². The number of aliphatic carboxylic acids is 2. The van der Waals surface area contributed by atoms with Crippen LogP contribution in [0.4, 0.5) is 0 Å². The van der Waals surface area contributed by atoms with Crippen LogP contribution >= 0.6 is 0 Å². The molecule has 2 N–H and O–H groups in total. The summed E-state index contributed by atoms with van der Waals surface area (Å²) < 4.78 is 16.3. The standard InChI is InChI=1S/C18H27NO4.C2H2O4/c1-14-12-19(13-15(2)23-14)10-6-7-11-22-17-9-5-4-8-16(17)18(20)21-3;3-1(4)2(5)6/h4-5,8-9,14-15H,6-7,10-13H2,1-3H3;(H,3,4)(H,5,6). The molecular formula is C20H29NO8. The molecule has 2 atom stereocenters. The second-order valence-electron chi connectivity index (χ2n) is 6.67. The SMILES string of the molecule is COC(=O)c1ccccc1OCCCCN1CC(C)OC(C)C1.O=C(O)C(=O)O. The molecule has 1 aliphatic rings. The first-order valence-electron chi connectivity index (χ1n) is 9.38. The minimum absolute atomic E-state index is 0.307. The van der Waals surface area contributed by atoms with Gasteiger partial charge in [0.1, 0.15) is 11.3 Å². The van der Waals surface area contributed by atoms with E-state index in [9.17, 15) is 4.79 Å².